The topological polar surface area (TPSA) is 276 Å². The average molecular weight is 833 g/mol. The molecule has 0 radical (unpaired) electrons. The Hall–Kier alpha value is -6.20. The monoisotopic (exact) mass is 832 g/mol. The highest BCUT2D eigenvalue weighted by molar-refractivity contribution is 7.92. The van der Waals surface area contributed by atoms with Crippen molar-refractivity contribution in [1.29, 1.82) is 10.5 Å². The molecule has 58 heavy (non-hydrogen) atoms. The second-order valence-electron chi connectivity index (χ2n) is 13.9. The summed E-state index contributed by atoms with van der Waals surface area (Å²) in [5, 5.41) is 35.5. The van der Waals surface area contributed by atoms with Gasteiger partial charge < -0.3 is 35.6 Å². The molecule has 306 valence electrons. The molecule has 22 heteroatoms. The minimum absolute atomic E-state index is 0.0400. The number of benzene rings is 2. The molecule has 0 saturated carbocycles. The number of morpholine rings is 2. The summed E-state index contributed by atoms with van der Waals surface area (Å²) in [7, 11) is -4.90. The maximum absolute atomic E-state index is 12.2. The highest BCUT2D eigenvalue weighted by Crippen LogP contribution is 2.31. The largest absolute Gasteiger partial charge is 0.397 e. The molecule has 4 N–H and O–H groups in total. The smallest absolute Gasteiger partial charge is 0.292 e. The van der Waals surface area contributed by atoms with Gasteiger partial charge in [0.05, 0.1) is 78.1 Å². The molecule has 2 fully saturated rings. The van der Waals surface area contributed by atoms with Crippen LogP contribution in [0.1, 0.15) is 25.0 Å². The number of hydrogen-bond donors (Lipinski definition) is 3. The van der Waals surface area contributed by atoms with Crippen molar-refractivity contribution in [2.75, 3.05) is 90.7 Å². The molecule has 2 aliphatic heterocycles. The molecule has 2 aliphatic rings. The van der Waals surface area contributed by atoms with Gasteiger partial charge in [-0.05, 0) is 44.2 Å². The first kappa shape index (κ1) is 42.9. The molecule has 0 aliphatic carbocycles. The predicted molar refractivity (Wildman–Crippen MR) is 223 cm³/mol. The lowest BCUT2D eigenvalue weighted by Crippen LogP contribution is -2.44. The Labute approximate surface area is 336 Å². The molecule has 4 aromatic rings. The van der Waals surface area contributed by atoms with Crippen LogP contribution in [0.15, 0.2) is 57.3 Å². The third kappa shape index (κ3) is 11.9. The molecule has 2 aromatic heterocycles. The lowest BCUT2D eigenvalue weighted by Gasteiger charge is -2.34. The van der Waals surface area contributed by atoms with Crippen molar-refractivity contribution in [2.45, 2.75) is 25.9 Å². The Morgan fingerprint density at radius 2 is 1.22 bits per heavy atom. The van der Waals surface area contributed by atoms with E-state index in [1.165, 1.54) is 30.7 Å². The number of hydrogen-bond acceptors (Lipinski definition) is 19. The van der Waals surface area contributed by atoms with Crippen LogP contribution in [0, 0.1) is 32.8 Å². The normalized spacial score (nSPS) is 16.8. The van der Waals surface area contributed by atoms with E-state index in [-0.39, 0.29) is 46.7 Å². The van der Waals surface area contributed by atoms with E-state index in [1.54, 1.807) is 42.8 Å². The maximum atomic E-state index is 12.2. The second-order valence-corrected chi connectivity index (χ2v) is 19.0. The number of nitro benzene ring substituents is 1. The predicted octanol–water partition coefficient (Wildman–Crippen LogP) is 4.84. The van der Waals surface area contributed by atoms with Crippen molar-refractivity contribution < 1.29 is 22.8 Å². The van der Waals surface area contributed by atoms with Gasteiger partial charge in [0.2, 0.25) is 11.9 Å². The average Bonchev–Trinajstić information content (AvgIpc) is 3.14. The molecule has 6 rings (SSSR count). The number of anilines is 7. The van der Waals surface area contributed by atoms with E-state index in [0.29, 0.717) is 73.9 Å². The van der Waals surface area contributed by atoms with Gasteiger partial charge in [0.25, 0.3) is 5.69 Å². The number of nitriles is 2. The van der Waals surface area contributed by atoms with Gasteiger partial charge in [-0.15, -0.1) is 0 Å². The van der Waals surface area contributed by atoms with Crippen LogP contribution in [-0.4, -0.2) is 110 Å². The minimum atomic E-state index is -2.50. The van der Waals surface area contributed by atoms with Crippen LogP contribution < -0.4 is 26.2 Å². The number of nitrogens with one attached hydrogen (secondary N) is 2. The Bertz CT molecular complexity index is 2510. The Morgan fingerprint density at radius 1 is 0.776 bits per heavy atom. The summed E-state index contributed by atoms with van der Waals surface area (Å²) in [5.74, 6) is 2.01. The SMILES string of the molecule is C[C@@H]1COCCN1c1cc(N=S(C)(C)=O)nc(Nc2cc(C#N)ccc2N)n1.C[C@@H]1COCCN1c1cc(N=S(C)(C)=O)nc(Nc2cc(C#N)ccc2[N+](=O)[O-])n1. The molecule has 2 atom stereocenters. The summed E-state index contributed by atoms with van der Waals surface area (Å²) in [5.41, 5.74) is 7.55. The van der Waals surface area contributed by atoms with Crippen LogP contribution in [0.5, 0.6) is 0 Å². The standard InChI is InChI=1S/C18H21N7O4S.C18H23N7O2S/c1-12-11-29-7-6-24(12)17-9-16(23-30(2,3)28)21-18(22-17)20-14-8-13(10-19)4-5-15(14)25(26)27;1-12-11-27-7-6-25(12)17-9-16(24-28(2,3)26)22-18(23-17)21-15-8-13(10-19)4-5-14(15)20/h4-5,8-9,12H,6-7,11H2,1-3H3,(H,20,21,22);4-5,8-9,12H,6-7,11,20H2,1-3H3,(H,21,22,23)/t2*12-/m11/s1. The zero-order valence-corrected chi connectivity index (χ0v) is 34.4. The van der Waals surface area contributed by atoms with Crippen LogP contribution in [0.25, 0.3) is 0 Å². The van der Waals surface area contributed by atoms with Gasteiger partial charge in [-0.1, -0.05) is 0 Å². The molecule has 0 amide bonds. The van der Waals surface area contributed by atoms with Crippen LogP contribution in [0.3, 0.4) is 0 Å². The Morgan fingerprint density at radius 3 is 1.66 bits per heavy atom. The van der Waals surface area contributed by atoms with Gasteiger partial charge in [0.1, 0.15) is 17.3 Å². The molecule has 4 heterocycles. The molecule has 0 spiro atoms. The summed E-state index contributed by atoms with van der Waals surface area (Å²) in [4.78, 5) is 32.6. The lowest BCUT2D eigenvalue weighted by atomic mass is 10.2. The summed E-state index contributed by atoms with van der Waals surface area (Å²) in [6.07, 6.45) is 6.07. The van der Waals surface area contributed by atoms with E-state index < -0.39 is 24.4 Å². The second kappa shape index (κ2) is 18.4. The Kier molecular flexibility index (Phi) is 13.6. The number of nitro groups is 1. The van der Waals surface area contributed by atoms with Gasteiger partial charge in [-0.2, -0.15) is 39.2 Å². The van der Waals surface area contributed by atoms with Crippen LogP contribution >= 0.6 is 0 Å². The first-order chi connectivity index (χ1) is 27.4. The zero-order valence-electron chi connectivity index (χ0n) is 32.8. The molecule has 0 unspecified atom stereocenters. The van der Waals surface area contributed by atoms with Gasteiger partial charge in [-0.25, -0.2) is 8.42 Å². The number of nitrogens with zero attached hydrogens (tertiary/aromatic N) is 11. The minimum Gasteiger partial charge on any atom is -0.397 e. The first-order valence-electron chi connectivity index (χ1n) is 17.7. The zero-order chi connectivity index (χ0) is 42.2. The molecule has 2 aromatic carbocycles. The van der Waals surface area contributed by atoms with Gasteiger partial charge in [0, 0.05) is 75.8 Å². The van der Waals surface area contributed by atoms with Crippen LogP contribution in [0.2, 0.25) is 0 Å². The van der Waals surface area contributed by atoms with Crippen molar-refractivity contribution >= 4 is 77.4 Å². The highest BCUT2D eigenvalue weighted by atomic mass is 32.2. The number of ether oxygens (including phenoxy) is 2. The third-order valence-electron chi connectivity index (χ3n) is 8.35. The van der Waals surface area contributed by atoms with E-state index in [0.717, 1.165) is 0 Å². The van der Waals surface area contributed by atoms with Crippen molar-refractivity contribution in [3.63, 3.8) is 0 Å². The fourth-order valence-corrected chi connectivity index (χ4v) is 6.86. The van der Waals surface area contributed by atoms with Crippen molar-refractivity contribution in [3.8, 4) is 12.1 Å². The van der Waals surface area contributed by atoms with E-state index in [2.05, 4.69) is 50.3 Å². The molecular weight excluding hydrogens is 789 g/mol. The fraction of sp³-hybridized carbons (Fsp3) is 0.389. The van der Waals surface area contributed by atoms with Crippen molar-refractivity contribution in [2.24, 2.45) is 8.73 Å². The van der Waals surface area contributed by atoms with E-state index >= 15 is 0 Å². The quantitative estimate of drug-likeness (QED) is 0.116. The molecular formula is C36H44N14O6S2. The van der Waals surface area contributed by atoms with Crippen molar-refractivity contribution in [3.05, 3.63) is 69.8 Å². The van der Waals surface area contributed by atoms with Gasteiger partial charge in [-0.3, -0.25) is 10.1 Å². The molecule has 2 saturated heterocycles. The summed E-state index contributed by atoms with van der Waals surface area (Å²) >= 11 is 0. The number of nitrogen functional groups attached to an aromatic ring is 1. The van der Waals surface area contributed by atoms with E-state index in [1.807, 2.05) is 24.8 Å². The van der Waals surface area contributed by atoms with E-state index in [9.17, 15) is 18.5 Å². The number of rotatable bonds is 9. The van der Waals surface area contributed by atoms with Gasteiger partial charge in [0.15, 0.2) is 11.6 Å². The molecule has 20 nitrogen and oxygen atoms in total. The van der Waals surface area contributed by atoms with Gasteiger partial charge >= 0.3 is 0 Å². The number of nitrogens with two attached hydrogens (primary N) is 1. The van der Waals surface area contributed by atoms with E-state index in [4.69, 9.17) is 25.7 Å². The third-order valence-corrected chi connectivity index (χ3v) is 9.60. The summed E-state index contributed by atoms with van der Waals surface area (Å²) in [6.45, 7) is 7.53. The lowest BCUT2D eigenvalue weighted by molar-refractivity contribution is -0.383. The Balaban J connectivity index is 0.000000221. The molecule has 0 bridgehead atoms. The summed E-state index contributed by atoms with van der Waals surface area (Å²) in [6, 6.07) is 16.4. The van der Waals surface area contributed by atoms with Crippen LogP contribution in [-0.2, 0) is 28.9 Å². The first-order valence-corrected chi connectivity index (χ1v) is 22.4. The van der Waals surface area contributed by atoms with Crippen LogP contribution in [0.4, 0.5) is 57.9 Å². The number of aromatic nitrogens is 4. The fourth-order valence-electron chi connectivity index (χ4n) is 5.77. The van der Waals surface area contributed by atoms with Crippen molar-refractivity contribution in [1.82, 2.24) is 19.9 Å². The highest BCUT2D eigenvalue weighted by Gasteiger charge is 2.24. The summed E-state index contributed by atoms with van der Waals surface area (Å²) < 4.78 is 43.7. The maximum Gasteiger partial charge on any atom is 0.292 e.